The van der Waals surface area contributed by atoms with Crippen molar-refractivity contribution in [1.29, 1.82) is 0 Å². The summed E-state index contributed by atoms with van der Waals surface area (Å²) in [6, 6.07) is 3.68. The maximum atomic E-state index is 11.8. The Balaban J connectivity index is 2.14. The number of rotatable bonds is 2. The summed E-state index contributed by atoms with van der Waals surface area (Å²) in [5.41, 5.74) is 2.41. The Labute approximate surface area is 97.5 Å². The fourth-order valence-electron chi connectivity index (χ4n) is 1.24. The molecule has 1 N–H and O–H groups in total. The molecule has 0 saturated carbocycles. The van der Waals surface area contributed by atoms with E-state index in [1.54, 1.807) is 17.6 Å². The zero-order valence-corrected chi connectivity index (χ0v) is 9.84. The van der Waals surface area contributed by atoms with Gasteiger partial charge in [-0.1, -0.05) is 6.07 Å². The fraction of sp³-hybridized carbons (Fsp3) is 0.182. The van der Waals surface area contributed by atoms with Crippen LogP contribution in [0.15, 0.2) is 23.7 Å². The summed E-state index contributed by atoms with van der Waals surface area (Å²) < 4.78 is 4.05. The van der Waals surface area contributed by atoms with E-state index in [1.807, 2.05) is 19.9 Å². The van der Waals surface area contributed by atoms with Gasteiger partial charge in [0.15, 0.2) is 0 Å². The largest absolute Gasteiger partial charge is 0.306 e. The van der Waals surface area contributed by atoms with Gasteiger partial charge in [-0.3, -0.25) is 4.79 Å². The number of carbonyl (C=O) groups excluding carboxylic acids is 1. The van der Waals surface area contributed by atoms with Crippen molar-refractivity contribution in [3.8, 4) is 0 Å². The number of anilines is 1. The quantitative estimate of drug-likeness (QED) is 0.866. The molecular weight excluding hydrogens is 222 g/mol. The van der Waals surface area contributed by atoms with Crippen LogP contribution in [0.1, 0.15) is 21.6 Å². The molecule has 2 heterocycles. The van der Waals surface area contributed by atoms with E-state index in [-0.39, 0.29) is 5.91 Å². The zero-order valence-electron chi connectivity index (χ0n) is 9.02. The Morgan fingerprint density at radius 1 is 1.38 bits per heavy atom. The number of nitrogens with one attached hydrogen (secondary N) is 1. The first kappa shape index (κ1) is 10.8. The maximum Gasteiger partial charge on any atom is 0.259 e. The Morgan fingerprint density at radius 3 is 2.75 bits per heavy atom. The maximum absolute atomic E-state index is 11.8. The second kappa shape index (κ2) is 4.40. The topological polar surface area (TPSA) is 54.9 Å². The number of amides is 1. The van der Waals surface area contributed by atoms with Gasteiger partial charge < -0.3 is 5.32 Å². The molecule has 0 saturated heterocycles. The number of pyridine rings is 1. The number of hydrogen-bond acceptors (Lipinski definition) is 4. The Bertz CT molecular complexity index is 504. The van der Waals surface area contributed by atoms with Crippen LogP contribution >= 0.6 is 11.5 Å². The Kier molecular flexibility index (Phi) is 2.96. The highest BCUT2D eigenvalue weighted by molar-refractivity contribution is 7.04. The number of nitrogens with zero attached hydrogens (tertiary/aromatic N) is 2. The molecule has 0 bridgehead atoms. The van der Waals surface area contributed by atoms with E-state index in [4.69, 9.17) is 0 Å². The van der Waals surface area contributed by atoms with Crippen molar-refractivity contribution < 1.29 is 4.79 Å². The van der Waals surface area contributed by atoms with Crippen LogP contribution < -0.4 is 5.32 Å². The van der Waals surface area contributed by atoms with E-state index < -0.39 is 0 Å². The molecule has 82 valence electrons. The molecule has 0 unspecified atom stereocenters. The molecule has 0 aromatic carbocycles. The number of aryl methyl sites for hydroxylation is 2. The lowest BCUT2D eigenvalue weighted by molar-refractivity contribution is 0.102. The third-order valence-corrected chi connectivity index (χ3v) is 2.87. The molecule has 2 aromatic heterocycles. The number of aromatic nitrogens is 2. The van der Waals surface area contributed by atoms with Gasteiger partial charge in [0.2, 0.25) is 0 Å². The first-order valence-electron chi connectivity index (χ1n) is 4.82. The molecule has 2 aromatic rings. The predicted molar refractivity (Wildman–Crippen MR) is 63.8 cm³/mol. The summed E-state index contributed by atoms with van der Waals surface area (Å²) in [5.74, 6) is 0.392. The lowest BCUT2D eigenvalue weighted by Gasteiger charge is -2.03. The van der Waals surface area contributed by atoms with Crippen molar-refractivity contribution in [3.63, 3.8) is 0 Å². The minimum atomic E-state index is -0.164. The first-order valence-corrected chi connectivity index (χ1v) is 5.65. The molecule has 0 aliphatic heterocycles. The van der Waals surface area contributed by atoms with Crippen molar-refractivity contribution in [3.05, 3.63) is 40.5 Å². The van der Waals surface area contributed by atoms with Crippen molar-refractivity contribution >= 4 is 23.3 Å². The van der Waals surface area contributed by atoms with Gasteiger partial charge >= 0.3 is 0 Å². The van der Waals surface area contributed by atoms with E-state index in [2.05, 4.69) is 14.7 Å². The van der Waals surface area contributed by atoms with Gasteiger partial charge in [-0.05, 0) is 37.0 Å². The molecule has 2 rings (SSSR count). The van der Waals surface area contributed by atoms with Crippen LogP contribution in [0.4, 0.5) is 5.82 Å². The minimum Gasteiger partial charge on any atom is -0.306 e. The van der Waals surface area contributed by atoms with Crippen LogP contribution in [-0.4, -0.2) is 15.3 Å². The first-order chi connectivity index (χ1) is 7.66. The van der Waals surface area contributed by atoms with Crippen molar-refractivity contribution in [2.24, 2.45) is 0 Å². The lowest BCUT2D eigenvalue weighted by Crippen LogP contribution is -2.13. The SMILES string of the molecule is Cc1ccc(NC(=O)c2csnc2C)nc1. The zero-order chi connectivity index (χ0) is 11.5. The van der Waals surface area contributed by atoms with Crippen molar-refractivity contribution in [2.75, 3.05) is 5.32 Å². The summed E-state index contributed by atoms with van der Waals surface area (Å²) >= 11 is 1.28. The third kappa shape index (κ3) is 2.25. The van der Waals surface area contributed by atoms with E-state index in [1.165, 1.54) is 11.5 Å². The molecule has 0 aliphatic rings. The normalized spacial score (nSPS) is 10.1. The smallest absolute Gasteiger partial charge is 0.259 e. The summed E-state index contributed by atoms with van der Waals surface area (Å²) in [4.78, 5) is 15.9. The second-order valence-corrected chi connectivity index (χ2v) is 4.12. The fourth-order valence-corrected chi connectivity index (χ4v) is 1.93. The average molecular weight is 233 g/mol. The van der Waals surface area contributed by atoms with Crippen molar-refractivity contribution in [2.45, 2.75) is 13.8 Å². The van der Waals surface area contributed by atoms with Gasteiger partial charge in [-0.15, -0.1) is 0 Å². The van der Waals surface area contributed by atoms with E-state index in [9.17, 15) is 4.79 Å². The van der Waals surface area contributed by atoms with Crippen LogP contribution in [0.2, 0.25) is 0 Å². The monoisotopic (exact) mass is 233 g/mol. The highest BCUT2D eigenvalue weighted by atomic mass is 32.1. The van der Waals surface area contributed by atoms with E-state index in [0.717, 1.165) is 11.3 Å². The molecular formula is C11H11N3OS. The van der Waals surface area contributed by atoms with E-state index in [0.29, 0.717) is 11.4 Å². The van der Waals surface area contributed by atoms with Gasteiger partial charge in [0.1, 0.15) is 5.82 Å². The van der Waals surface area contributed by atoms with Crippen LogP contribution in [0.25, 0.3) is 0 Å². The summed E-state index contributed by atoms with van der Waals surface area (Å²) in [6.07, 6.45) is 1.72. The molecule has 0 atom stereocenters. The van der Waals surface area contributed by atoms with Crippen LogP contribution in [-0.2, 0) is 0 Å². The Morgan fingerprint density at radius 2 is 2.19 bits per heavy atom. The lowest BCUT2D eigenvalue weighted by atomic mass is 10.2. The summed E-state index contributed by atoms with van der Waals surface area (Å²) in [7, 11) is 0. The van der Waals surface area contributed by atoms with Gasteiger partial charge in [0.25, 0.3) is 5.91 Å². The average Bonchev–Trinajstić information content (AvgIpc) is 2.68. The highest BCUT2D eigenvalue weighted by Crippen LogP contribution is 2.12. The molecule has 0 aliphatic carbocycles. The number of hydrogen-bond donors (Lipinski definition) is 1. The number of carbonyl (C=O) groups is 1. The van der Waals surface area contributed by atoms with Crippen LogP contribution in [0, 0.1) is 13.8 Å². The molecule has 16 heavy (non-hydrogen) atoms. The molecule has 0 fully saturated rings. The van der Waals surface area contributed by atoms with Gasteiger partial charge in [-0.25, -0.2) is 4.98 Å². The molecule has 0 spiro atoms. The molecule has 5 heteroatoms. The predicted octanol–water partition coefficient (Wildman–Crippen LogP) is 2.41. The summed E-state index contributed by atoms with van der Waals surface area (Å²) in [6.45, 7) is 3.76. The standard InChI is InChI=1S/C11H11N3OS/c1-7-3-4-10(12-5-7)13-11(15)9-6-16-14-8(9)2/h3-6H,1-2H3,(H,12,13,15). The van der Waals surface area contributed by atoms with Gasteiger partial charge in [-0.2, -0.15) is 4.37 Å². The van der Waals surface area contributed by atoms with Crippen LogP contribution in [0.5, 0.6) is 0 Å². The van der Waals surface area contributed by atoms with Gasteiger partial charge in [0.05, 0.1) is 11.3 Å². The van der Waals surface area contributed by atoms with E-state index >= 15 is 0 Å². The highest BCUT2D eigenvalue weighted by Gasteiger charge is 2.11. The molecule has 0 radical (unpaired) electrons. The molecule has 1 amide bonds. The minimum absolute atomic E-state index is 0.164. The van der Waals surface area contributed by atoms with Gasteiger partial charge in [0, 0.05) is 11.6 Å². The molecule has 4 nitrogen and oxygen atoms in total. The Hall–Kier alpha value is -1.75. The summed E-state index contributed by atoms with van der Waals surface area (Å²) in [5, 5.41) is 4.46. The van der Waals surface area contributed by atoms with Crippen LogP contribution in [0.3, 0.4) is 0 Å². The second-order valence-electron chi connectivity index (χ2n) is 3.49. The third-order valence-electron chi connectivity index (χ3n) is 2.15. The van der Waals surface area contributed by atoms with Crippen molar-refractivity contribution in [1.82, 2.24) is 9.36 Å².